The Morgan fingerprint density at radius 3 is 2.00 bits per heavy atom. The zero-order valence-electron chi connectivity index (χ0n) is 21.7. The molecule has 0 aliphatic rings. The second-order valence-corrected chi connectivity index (χ2v) is 9.33. The predicted octanol–water partition coefficient (Wildman–Crippen LogP) is 9.18. The highest BCUT2D eigenvalue weighted by atomic mass is 19.1. The minimum Gasteiger partial charge on any atom is -0.491 e. The Balaban J connectivity index is 1.49. The maximum Gasteiger partial charge on any atom is 0.343 e. The van der Waals surface area contributed by atoms with Crippen molar-refractivity contribution in [2.45, 2.75) is 78.1 Å². The zero-order valence-corrected chi connectivity index (χ0v) is 21.7. The van der Waals surface area contributed by atoms with Crippen LogP contribution in [0.3, 0.4) is 0 Å². The highest BCUT2D eigenvalue weighted by molar-refractivity contribution is 5.91. The number of ether oxygens (including phenoxy) is 2. The number of esters is 1. The molecule has 0 N–H and O–H groups in total. The van der Waals surface area contributed by atoms with Crippen molar-refractivity contribution < 1.29 is 18.7 Å². The van der Waals surface area contributed by atoms with Gasteiger partial charge in [0.25, 0.3) is 0 Å². The molecule has 0 bridgehead atoms. The summed E-state index contributed by atoms with van der Waals surface area (Å²) >= 11 is 0. The molecule has 36 heavy (non-hydrogen) atoms. The van der Waals surface area contributed by atoms with Crippen molar-refractivity contribution in [2.24, 2.45) is 0 Å². The number of carbonyl (C=O) groups excluding carboxylic acids is 1. The molecule has 0 amide bonds. The van der Waals surface area contributed by atoms with E-state index in [1.165, 1.54) is 62.6 Å². The monoisotopic (exact) mass is 490 g/mol. The van der Waals surface area contributed by atoms with E-state index in [0.717, 1.165) is 30.4 Å². The van der Waals surface area contributed by atoms with Crippen molar-refractivity contribution in [3.63, 3.8) is 0 Å². The number of hydrogen-bond donors (Lipinski definition) is 0. The second-order valence-electron chi connectivity index (χ2n) is 9.33. The summed E-state index contributed by atoms with van der Waals surface area (Å²) in [5.41, 5.74) is 3.67. The van der Waals surface area contributed by atoms with Gasteiger partial charge in [-0.25, -0.2) is 9.18 Å². The van der Waals surface area contributed by atoms with Crippen LogP contribution in [-0.2, 0) is 6.42 Å². The zero-order chi connectivity index (χ0) is 25.6. The summed E-state index contributed by atoms with van der Waals surface area (Å²) in [5, 5.41) is 0. The Morgan fingerprint density at radius 1 is 0.722 bits per heavy atom. The van der Waals surface area contributed by atoms with Gasteiger partial charge in [-0.1, -0.05) is 95.2 Å². The lowest BCUT2D eigenvalue weighted by Gasteiger charge is -2.09. The van der Waals surface area contributed by atoms with Gasteiger partial charge in [-0.15, -0.1) is 0 Å². The molecule has 0 heterocycles. The lowest BCUT2D eigenvalue weighted by Crippen LogP contribution is -2.09. The fourth-order valence-corrected chi connectivity index (χ4v) is 4.13. The first kappa shape index (κ1) is 27.4. The van der Waals surface area contributed by atoms with Gasteiger partial charge in [-0.3, -0.25) is 0 Å². The predicted molar refractivity (Wildman–Crippen MR) is 145 cm³/mol. The Kier molecular flexibility index (Phi) is 11.5. The normalized spacial score (nSPS) is 10.9. The summed E-state index contributed by atoms with van der Waals surface area (Å²) in [6.07, 6.45) is 11.7. The van der Waals surface area contributed by atoms with E-state index < -0.39 is 11.8 Å². The van der Waals surface area contributed by atoms with Gasteiger partial charge < -0.3 is 9.47 Å². The molecule has 0 unspecified atom stereocenters. The molecule has 3 aromatic carbocycles. The Labute approximate surface area is 215 Å². The lowest BCUT2D eigenvalue weighted by molar-refractivity contribution is 0.0734. The standard InChI is InChI=1S/C32H39FO3/c1-3-5-7-8-9-11-23-35-31-22-19-28(24-30(31)33)32(34)36-29-20-17-27(18-21-29)26-15-13-25(14-16-26)12-10-6-4-2/h13-22,24H,3-12,23H2,1-2H3. The maximum absolute atomic E-state index is 14.4. The molecular formula is C32H39FO3. The summed E-state index contributed by atoms with van der Waals surface area (Å²) < 4.78 is 25.5. The lowest BCUT2D eigenvalue weighted by atomic mass is 10.0. The van der Waals surface area contributed by atoms with Crippen molar-refractivity contribution in [3.05, 3.63) is 83.7 Å². The van der Waals surface area contributed by atoms with Crippen molar-refractivity contribution >= 4 is 5.97 Å². The molecule has 0 radical (unpaired) electrons. The molecule has 3 rings (SSSR count). The van der Waals surface area contributed by atoms with Crippen LogP contribution in [0.25, 0.3) is 11.1 Å². The van der Waals surface area contributed by atoms with Gasteiger partial charge in [0, 0.05) is 0 Å². The third kappa shape index (κ3) is 8.82. The number of halogens is 1. The van der Waals surface area contributed by atoms with Gasteiger partial charge in [0.1, 0.15) is 5.75 Å². The fraction of sp³-hybridized carbons (Fsp3) is 0.406. The van der Waals surface area contributed by atoms with Crippen LogP contribution in [-0.4, -0.2) is 12.6 Å². The third-order valence-electron chi connectivity index (χ3n) is 6.34. The van der Waals surface area contributed by atoms with Gasteiger partial charge in [0.05, 0.1) is 12.2 Å². The molecule has 0 saturated carbocycles. The van der Waals surface area contributed by atoms with E-state index in [1.54, 1.807) is 18.2 Å². The summed E-state index contributed by atoms with van der Waals surface area (Å²) in [4.78, 5) is 12.5. The summed E-state index contributed by atoms with van der Waals surface area (Å²) in [6.45, 7) is 4.88. The SMILES string of the molecule is CCCCCCCCOc1ccc(C(=O)Oc2ccc(-c3ccc(CCCCC)cc3)cc2)cc1F. The van der Waals surface area contributed by atoms with E-state index in [-0.39, 0.29) is 11.3 Å². The number of benzene rings is 3. The smallest absolute Gasteiger partial charge is 0.343 e. The highest BCUT2D eigenvalue weighted by Gasteiger charge is 2.13. The molecule has 0 spiro atoms. The minimum absolute atomic E-state index is 0.155. The first-order chi connectivity index (χ1) is 17.6. The van der Waals surface area contributed by atoms with Crippen LogP contribution in [0.5, 0.6) is 11.5 Å². The van der Waals surface area contributed by atoms with E-state index in [1.807, 2.05) is 12.1 Å². The molecule has 192 valence electrons. The number of rotatable bonds is 15. The van der Waals surface area contributed by atoms with E-state index in [2.05, 4.69) is 38.1 Å². The average molecular weight is 491 g/mol. The van der Waals surface area contributed by atoms with E-state index in [4.69, 9.17) is 9.47 Å². The maximum atomic E-state index is 14.4. The van der Waals surface area contributed by atoms with Crippen molar-refractivity contribution in [1.82, 2.24) is 0 Å². The summed E-state index contributed by atoms with van der Waals surface area (Å²) in [5.74, 6) is -0.561. The fourth-order valence-electron chi connectivity index (χ4n) is 4.13. The summed E-state index contributed by atoms with van der Waals surface area (Å²) in [6, 6.07) is 20.2. The quantitative estimate of drug-likeness (QED) is 0.121. The van der Waals surface area contributed by atoms with Gasteiger partial charge in [-0.2, -0.15) is 0 Å². The third-order valence-corrected chi connectivity index (χ3v) is 6.34. The van der Waals surface area contributed by atoms with Crippen LogP contribution < -0.4 is 9.47 Å². The van der Waals surface area contributed by atoms with Gasteiger partial charge in [0.2, 0.25) is 0 Å². The minimum atomic E-state index is -0.597. The van der Waals surface area contributed by atoms with Gasteiger partial charge in [-0.05, 0) is 66.3 Å². The van der Waals surface area contributed by atoms with E-state index in [9.17, 15) is 9.18 Å². The highest BCUT2D eigenvalue weighted by Crippen LogP contribution is 2.25. The Bertz CT molecular complexity index is 1060. The van der Waals surface area contributed by atoms with Crippen molar-refractivity contribution in [3.8, 4) is 22.6 Å². The van der Waals surface area contributed by atoms with Crippen LogP contribution in [0.15, 0.2) is 66.7 Å². The van der Waals surface area contributed by atoms with E-state index in [0.29, 0.717) is 12.4 Å². The van der Waals surface area contributed by atoms with Crippen LogP contribution in [0.4, 0.5) is 4.39 Å². The molecule has 0 fully saturated rings. The Morgan fingerprint density at radius 2 is 1.33 bits per heavy atom. The molecule has 0 aliphatic carbocycles. The van der Waals surface area contributed by atoms with Crippen LogP contribution >= 0.6 is 0 Å². The van der Waals surface area contributed by atoms with Crippen molar-refractivity contribution in [2.75, 3.05) is 6.61 Å². The van der Waals surface area contributed by atoms with Gasteiger partial charge >= 0.3 is 5.97 Å². The molecule has 3 aromatic rings. The van der Waals surface area contributed by atoms with Crippen molar-refractivity contribution in [1.29, 1.82) is 0 Å². The second kappa shape index (κ2) is 15.1. The largest absolute Gasteiger partial charge is 0.491 e. The molecule has 4 heteroatoms. The van der Waals surface area contributed by atoms with E-state index >= 15 is 0 Å². The first-order valence-corrected chi connectivity index (χ1v) is 13.4. The molecular weight excluding hydrogens is 451 g/mol. The first-order valence-electron chi connectivity index (χ1n) is 13.4. The number of hydrogen-bond acceptors (Lipinski definition) is 3. The number of aryl methyl sites for hydroxylation is 1. The van der Waals surface area contributed by atoms with Crippen LogP contribution in [0.2, 0.25) is 0 Å². The Hall–Kier alpha value is -3.14. The molecule has 0 aromatic heterocycles. The molecule has 0 aliphatic heterocycles. The van der Waals surface area contributed by atoms with Crippen LogP contribution in [0, 0.1) is 5.82 Å². The summed E-state index contributed by atoms with van der Waals surface area (Å²) in [7, 11) is 0. The molecule has 0 atom stereocenters. The van der Waals surface area contributed by atoms with Gasteiger partial charge in [0.15, 0.2) is 11.6 Å². The molecule has 0 saturated heterocycles. The number of unbranched alkanes of at least 4 members (excludes halogenated alkanes) is 7. The van der Waals surface area contributed by atoms with Crippen LogP contribution in [0.1, 0.15) is 87.6 Å². The topological polar surface area (TPSA) is 35.5 Å². The molecule has 3 nitrogen and oxygen atoms in total. The average Bonchev–Trinajstić information content (AvgIpc) is 2.90. The number of carbonyl (C=O) groups is 1.